The van der Waals surface area contributed by atoms with E-state index in [1.54, 1.807) is 18.2 Å². The fourth-order valence-corrected chi connectivity index (χ4v) is 3.37. The van der Waals surface area contributed by atoms with E-state index in [-0.39, 0.29) is 11.9 Å². The second-order valence-electron chi connectivity index (χ2n) is 5.35. The number of amides is 1. The Labute approximate surface area is 125 Å². The number of rotatable bonds is 3. The zero-order valence-corrected chi connectivity index (χ0v) is 13.0. The second-order valence-corrected chi connectivity index (χ2v) is 6.27. The highest BCUT2D eigenvalue weighted by Gasteiger charge is 2.32. The average molecular weight is 298 g/mol. The molecule has 0 aromatic heterocycles. The number of carbonyl (C=O) groups excluding carboxylic acids is 1. The summed E-state index contributed by atoms with van der Waals surface area (Å²) in [4.78, 5) is 13.0. The minimum atomic E-state index is -0.0884. The molecule has 19 heavy (non-hydrogen) atoms. The standard InChI is InChI=1S/C15H20ClNOS/c1-3-10-4-7-14(9(10)2)17-15(18)12-8-11(19)5-6-13(12)16/h5-6,8-10,14,19H,3-4,7H2,1-2H3,(H,17,18). The van der Waals surface area contributed by atoms with Crippen LogP contribution in [0.15, 0.2) is 23.1 Å². The molecule has 4 heteroatoms. The summed E-state index contributed by atoms with van der Waals surface area (Å²) in [5, 5.41) is 3.60. The molecule has 1 N–H and O–H groups in total. The van der Waals surface area contributed by atoms with Crippen LogP contribution in [0.3, 0.4) is 0 Å². The topological polar surface area (TPSA) is 29.1 Å². The maximum Gasteiger partial charge on any atom is 0.253 e. The molecular formula is C15H20ClNOS. The molecule has 0 saturated heterocycles. The summed E-state index contributed by atoms with van der Waals surface area (Å²) in [6, 6.07) is 5.48. The molecule has 0 spiro atoms. The van der Waals surface area contributed by atoms with Crippen LogP contribution in [0.1, 0.15) is 43.5 Å². The molecule has 0 radical (unpaired) electrons. The van der Waals surface area contributed by atoms with Crippen LogP contribution in [-0.2, 0) is 0 Å². The van der Waals surface area contributed by atoms with E-state index in [0.717, 1.165) is 17.2 Å². The lowest BCUT2D eigenvalue weighted by Crippen LogP contribution is -2.37. The number of carbonyl (C=O) groups is 1. The Morgan fingerprint density at radius 2 is 2.21 bits per heavy atom. The molecular weight excluding hydrogens is 278 g/mol. The van der Waals surface area contributed by atoms with Gasteiger partial charge in [-0.25, -0.2) is 0 Å². The van der Waals surface area contributed by atoms with Crippen LogP contribution in [0, 0.1) is 11.8 Å². The van der Waals surface area contributed by atoms with Crippen molar-refractivity contribution >= 4 is 30.1 Å². The third-order valence-corrected chi connectivity index (χ3v) is 4.87. The predicted octanol–water partition coefficient (Wildman–Crippen LogP) is 4.18. The van der Waals surface area contributed by atoms with E-state index in [1.807, 2.05) is 0 Å². The van der Waals surface area contributed by atoms with Crippen molar-refractivity contribution in [3.05, 3.63) is 28.8 Å². The number of hydrogen-bond donors (Lipinski definition) is 2. The van der Waals surface area contributed by atoms with Gasteiger partial charge in [0.1, 0.15) is 0 Å². The monoisotopic (exact) mass is 297 g/mol. The first kappa shape index (κ1) is 14.7. The van der Waals surface area contributed by atoms with Gasteiger partial charge in [-0.1, -0.05) is 31.9 Å². The van der Waals surface area contributed by atoms with Gasteiger partial charge in [0.05, 0.1) is 10.6 Å². The number of thiol groups is 1. The molecule has 1 fully saturated rings. The molecule has 3 atom stereocenters. The van der Waals surface area contributed by atoms with Gasteiger partial charge in [0.2, 0.25) is 0 Å². The Morgan fingerprint density at radius 1 is 1.47 bits per heavy atom. The number of halogens is 1. The van der Waals surface area contributed by atoms with E-state index < -0.39 is 0 Å². The van der Waals surface area contributed by atoms with E-state index in [0.29, 0.717) is 16.5 Å². The van der Waals surface area contributed by atoms with Crippen LogP contribution in [0.4, 0.5) is 0 Å². The van der Waals surface area contributed by atoms with Gasteiger partial charge in [-0.05, 0) is 42.9 Å². The highest BCUT2D eigenvalue weighted by atomic mass is 35.5. The molecule has 0 aliphatic heterocycles. The molecule has 1 aromatic rings. The summed E-state index contributed by atoms with van der Waals surface area (Å²) in [6.45, 7) is 4.44. The fraction of sp³-hybridized carbons (Fsp3) is 0.533. The van der Waals surface area contributed by atoms with Crippen molar-refractivity contribution in [2.75, 3.05) is 0 Å². The van der Waals surface area contributed by atoms with Gasteiger partial charge in [-0.15, -0.1) is 12.6 Å². The van der Waals surface area contributed by atoms with Crippen LogP contribution in [-0.4, -0.2) is 11.9 Å². The van der Waals surface area contributed by atoms with Crippen LogP contribution in [0.2, 0.25) is 5.02 Å². The van der Waals surface area contributed by atoms with Gasteiger partial charge in [0.15, 0.2) is 0 Å². The normalized spacial score (nSPS) is 26.4. The maximum atomic E-state index is 12.3. The summed E-state index contributed by atoms with van der Waals surface area (Å²) < 4.78 is 0. The minimum Gasteiger partial charge on any atom is -0.349 e. The van der Waals surface area contributed by atoms with E-state index in [1.165, 1.54) is 12.8 Å². The molecule has 3 unspecified atom stereocenters. The molecule has 0 bridgehead atoms. The van der Waals surface area contributed by atoms with E-state index >= 15 is 0 Å². The fourth-order valence-electron chi connectivity index (χ4n) is 2.96. The summed E-state index contributed by atoms with van der Waals surface area (Å²) in [5.74, 6) is 1.17. The summed E-state index contributed by atoms with van der Waals surface area (Å²) in [7, 11) is 0. The molecule has 2 rings (SSSR count). The average Bonchev–Trinajstić information content (AvgIpc) is 2.73. The van der Waals surface area contributed by atoms with Crippen LogP contribution in [0.25, 0.3) is 0 Å². The second kappa shape index (κ2) is 6.19. The Balaban J connectivity index is 2.07. The molecule has 104 valence electrons. The molecule has 1 saturated carbocycles. The smallest absolute Gasteiger partial charge is 0.253 e. The Morgan fingerprint density at radius 3 is 2.84 bits per heavy atom. The van der Waals surface area contributed by atoms with Crippen molar-refractivity contribution in [1.82, 2.24) is 5.32 Å². The first-order chi connectivity index (χ1) is 9.02. The summed E-state index contributed by atoms with van der Waals surface area (Å²) >= 11 is 10.3. The molecule has 2 nitrogen and oxygen atoms in total. The van der Waals surface area contributed by atoms with Crippen molar-refractivity contribution in [3.63, 3.8) is 0 Å². The maximum absolute atomic E-state index is 12.3. The number of hydrogen-bond acceptors (Lipinski definition) is 2. The third kappa shape index (κ3) is 3.26. The van der Waals surface area contributed by atoms with E-state index in [2.05, 4.69) is 31.8 Å². The van der Waals surface area contributed by atoms with Crippen LogP contribution < -0.4 is 5.32 Å². The highest BCUT2D eigenvalue weighted by molar-refractivity contribution is 7.80. The number of benzene rings is 1. The largest absolute Gasteiger partial charge is 0.349 e. The van der Waals surface area contributed by atoms with Crippen molar-refractivity contribution in [2.24, 2.45) is 11.8 Å². The molecule has 1 aromatic carbocycles. The van der Waals surface area contributed by atoms with Crippen molar-refractivity contribution in [2.45, 2.75) is 44.0 Å². The van der Waals surface area contributed by atoms with Crippen LogP contribution in [0.5, 0.6) is 0 Å². The Kier molecular flexibility index (Phi) is 4.80. The van der Waals surface area contributed by atoms with Crippen LogP contribution >= 0.6 is 24.2 Å². The molecule has 1 amide bonds. The van der Waals surface area contributed by atoms with E-state index in [4.69, 9.17) is 11.6 Å². The molecule has 0 heterocycles. The van der Waals surface area contributed by atoms with Gasteiger partial charge < -0.3 is 5.32 Å². The highest BCUT2D eigenvalue weighted by Crippen LogP contribution is 2.34. The summed E-state index contributed by atoms with van der Waals surface area (Å²) in [5.41, 5.74) is 0.515. The minimum absolute atomic E-state index is 0.0884. The number of nitrogens with one attached hydrogen (secondary N) is 1. The zero-order valence-electron chi connectivity index (χ0n) is 11.3. The third-order valence-electron chi connectivity index (χ3n) is 4.26. The lowest BCUT2D eigenvalue weighted by atomic mass is 9.93. The van der Waals surface area contributed by atoms with Gasteiger partial charge in [-0.2, -0.15) is 0 Å². The van der Waals surface area contributed by atoms with Gasteiger partial charge in [0, 0.05) is 10.9 Å². The first-order valence-corrected chi connectivity index (χ1v) is 7.64. The van der Waals surface area contributed by atoms with Gasteiger partial charge in [0.25, 0.3) is 5.91 Å². The quantitative estimate of drug-likeness (QED) is 0.805. The zero-order chi connectivity index (χ0) is 14.0. The SMILES string of the molecule is CCC1CCC(NC(=O)c2cc(S)ccc2Cl)C1C. The predicted molar refractivity (Wildman–Crippen MR) is 82.1 cm³/mol. The van der Waals surface area contributed by atoms with Gasteiger partial charge in [-0.3, -0.25) is 4.79 Å². The molecule has 1 aliphatic rings. The molecule has 1 aliphatic carbocycles. The lowest BCUT2D eigenvalue weighted by molar-refractivity contribution is 0.0926. The van der Waals surface area contributed by atoms with Crippen molar-refractivity contribution in [3.8, 4) is 0 Å². The van der Waals surface area contributed by atoms with Crippen molar-refractivity contribution in [1.29, 1.82) is 0 Å². The Hall–Kier alpha value is -0.670. The van der Waals surface area contributed by atoms with Crippen molar-refractivity contribution < 1.29 is 4.79 Å². The van der Waals surface area contributed by atoms with E-state index in [9.17, 15) is 4.79 Å². The Bertz CT molecular complexity index is 477. The lowest BCUT2D eigenvalue weighted by Gasteiger charge is -2.21. The van der Waals surface area contributed by atoms with Gasteiger partial charge >= 0.3 is 0 Å². The summed E-state index contributed by atoms with van der Waals surface area (Å²) in [6.07, 6.45) is 3.44. The first-order valence-electron chi connectivity index (χ1n) is 6.82.